The molecular weight excluding hydrogens is 314 g/mol. The van der Waals surface area contributed by atoms with E-state index in [-0.39, 0.29) is 5.91 Å². The highest BCUT2D eigenvalue weighted by atomic mass is 16.2. The molecule has 1 saturated heterocycles. The Bertz CT molecular complexity index is 753. The van der Waals surface area contributed by atoms with Crippen molar-refractivity contribution in [3.63, 3.8) is 0 Å². The molecule has 1 aliphatic heterocycles. The van der Waals surface area contributed by atoms with Crippen molar-refractivity contribution >= 4 is 17.5 Å². The lowest BCUT2D eigenvalue weighted by Gasteiger charge is -2.35. The molecule has 1 aromatic carbocycles. The van der Waals surface area contributed by atoms with Gasteiger partial charge < -0.3 is 15.1 Å². The molecule has 1 aliphatic rings. The van der Waals surface area contributed by atoms with Gasteiger partial charge in [-0.05, 0) is 25.0 Å². The van der Waals surface area contributed by atoms with Crippen molar-refractivity contribution in [2.45, 2.75) is 27.3 Å². The summed E-state index contributed by atoms with van der Waals surface area (Å²) in [4.78, 5) is 24.6. The van der Waals surface area contributed by atoms with Gasteiger partial charge in [0.1, 0.15) is 17.5 Å². The average molecular weight is 339 g/mol. The monoisotopic (exact) mass is 339 g/mol. The zero-order valence-corrected chi connectivity index (χ0v) is 15.1. The molecule has 2 heterocycles. The number of hydrogen-bond acceptors (Lipinski definition) is 5. The number of benzene rings is 1. The summed E-state index contributed by atoms with van der Waals surface area (Å²) in [5.74, 6) is 2.64. The first kappa shape index (κ1) is 17.2. The summed E-state index contributed by atoms with van der Waals surface area (Å²) in [6.07, 6.45) is 0. The maximum absolute atomic E-state index is 11.5. The van der Waals surface area contributed by atoms with Crippen LogP contribution in [-0.4, -0.2) is 47.0 Å². The van der Waals surface area contributed by atoms with E-state index >= 15 is 0 Å². The smallest absolute Gasteiger partial charge is 0.219 e. The molecule has 25 heavy (non-hydrogen) atoms. The molecule has 1 amide bonds. The average Bonchev–Trinajstić information content (AvgIpc) is 2.60. The van der Waals surface area contributed by atoms with E-state index in [4.69, 9.17) is 0 Å². The second kappa shape index (κ2) is 7.51. The summed E-state index contributed by atoms with van der Waals surface area (Å²) >= 11 is 0. The zero-order valence-electron chi connectivity index (χ0n) is 15.1. The lowest BCUT2D eigenvalue weighted by molar-refractivity contribution is -0.129. The lowest BCUT2D eigenvalue weighted by Crippen LogP contribution is -2.48. The number of nitrogens with zero attached hydrogens (tertiary/aromatic N) is 4. The Labute approximate surface area is 148 Å². The van der Waals surface area contributed by atoms with Gasteiger partial charge in [-0.25, -0.2) is 9.97 Å². The van der Waals surface area contributed by atoms with E-state index in [0.717, 1.165) is 50.2 Å². The molecule has 1 N–H and O–H groups in total. The molecular formula is C19H25N5O. The van der Waals surface area contributed by atoms with E-state index < -0.39 is 0 Å². The molecule has 1 aromatic heterocycles. The summed E-state index contributed by atoms with van der Waals surface area (Å²) in [7, 11) is 0. The van der Waals surface area contributed by atoms with Crippen LogP contribution >= 0.6 is 0 Å². The van der Waals surface area contributed by atoms with E-state index in [2.05, 4.69) is 45.3 Å². The Hall–Kier alpha value is -2.63. The summed E-state index contributed by atoms with van der Waals surface area (Å²) in [6, 6.07) is 10.3. The summed E-state index contributed by atoms with van der Waals surface area (Å²) in [5, 5.41) is 3.41. The molecule has 0 saturated carbocycles. The van der Waals surface area contributed by atoms with E-state index in [1.54, 1.807) is 6.92 Å². The van der Waals surface area contributed by atoms with Crippen LogP contribution in [-0.2, 0) is 11.3 Å². The number of carbonyl (C=O) groups is 1. The third kappa shape index (κ3) is 4.26. The minimum atomic E-state index is 0.138. The first-order valence-corrected chi connectivity index (χ1v) is 8.67. The van der Waals surface area contributed by atoms with Crippen LogP contribution in [0, 0.1) is 13.8 Å². The van der Waals surface area contributed by atoms with Crippen molar-refractivity contribution < 1.29 is 4.79 Å². The molecule has 1 fully saturated rings. The quantitative estimate of drug-likeness (QED) is 0.927. The number of carbonyl (C=O) groups excluding carboxylic acids is 1. The maximum atomic E-state index is 11.5. The van der Waals surface area contributed by atoms with Crippen LogP contribution in [0.3, 0.4) is 0 Å². The highest BCUT2D eigenvalue weighted by Gasteiger charge is 2.20. The molecule has 0 atom stereocenters. The van der Waals surface area contributed by atoms with Crippen molar-refractivity contribution in [1.82, 2.24) is 14.9 Å². The van der Waals surface area contributed by atoms with Crippen molar-refractivity contribution in [2.75, 3.05) is 36.4 Å². The number of rotatable bonds is 4. The standard InChI is InChI=1S/C19H25N5O/c1-14-6-4-5-7-17(14)13-20-18-12-19(22-15(2)21-18)24-10-8-23(9-11-24)16(3)25/h4-7,12H,8-11,13H2,1-3H3,(H,20,21,22). The summed E-state index contributed by atoms with van der Waals surface area (Å²) in [6.45, 7) is 9.46. The summed E-state index contributed by atoms with van der Waals surface area (Å²) < 4.78 is 0. The Morgan fingerprint density at radius 3 is 2.52 bits per heavy atom. The lowest BCUT2D eigenvalue weighted by atomic mass is 10.1. The van der Waals surface area contributed by atoms with E-state index in [1.807, 2.05) is 24.0 Å². The molecule has 6 nitrogen and oxygen atoms in total. The number of anilines is 2. The minimum absolute atomic E-state index is 0.138. The molecule has 0 aliphatic carbocycles. The SMILES string of the molecule is CC(=O)N1CCN(c2cc(NCc3ccccc3C)nc(C)n2)CC1. The highest BCUT2D eigenvalue weighted by molar-refractivity contribution is 5.73. The molecule has 132 valence electrons. The van der Waals surface area contributed by atoms with Gasteiger partial charge in [-0.2, -0.15) is 0 Å². The fourth-order valence-corrected chi connectivity index (χ4v) is 3.05. The number of amides is 1. The normalized spacial score (nSPS) is 14.5. The third-order valence-corrected chi connectivity index (χ3v) is 4.59. The van der Waals surface area contributed by atoms with Crippen molar-refractivity contribution in [3.8, 4) is 0 Å². The summed E-state index contributed by atoms with van der Waals surface area (Å²) in [5.41, 5.74) is 2.52. The van der Waals surface area contributed by atoms with Gasteiger partial charge in [-0.15, -0.1) is 0 Å². The topological polar surface area (TPSA) is 61.4 Å². The predicted octanol–water partition coefficient (Wildman–Crippen LogP) is 2.37. The second-order valence-corrected chi connectivity index (χ2v) is 6.43. The Balaban J connectivity index is 1.69. The van der Waals surface area contributed by atoms with Gasteiger partial charge in [-0.3, -0.25) is 4.79 Å². The predicted molar refractivity (Wildman–Crippen MR) is 99.7 cm³/mol. The minimum Gasteiger partial charge on any atom is -0.366 e. The van der Waals surface area contributed by atoms with Crippen molar-refractivity contribution in [3.05, 3.63) is 47.3 Å². The molecule has 0 unspecified atom stereocenters. The van der Waals surface area contributed by atoms with Crippen LogP contribution < -0.4 is 10.2 Å². The number of hydrogen-bond donors (Lipinski definition) is 1. The molecule has 2 aromatic rings. The van der Waals surface area contributed by atoms with Gasteiger partial charge >= 0.3 is 0 Å². The second-order valence-electron chi connectivity index (χ2n) is 6.43. The highest BCUT2D eigenvalue weighted by Crippen LogP contribution is 2.19. The third-order valence-electron chi connectivity index (χ3n) is 4.59. The van der Waals surface area contributed by atoms with Crippen LogP contribution in [0.15, 0.2) is 30.3 Å². The van der Waals surface area contributed by atoms with Crippen molar-refractivity contribution in [1.29, 1.82) is 0 Å². The Kier molecular flexibility index (Phi) is 5.16. The fourth-order valence-electron chi connectivity index (χ4n) is 3.05. The van der Waals surface area contributed by atoms with Crippen LogP contribution in [0.1, 0.15) is 23.9 Å². The van der Waals surface area contributed by atoms with E-state index in [1.165, 1.54) is 11.1 Å². The first-order valence-electron chi connectivity index (χ1n) is 8.67. The van der Waals surface area contributed by atoms with Gasteiger partial charge in [0.2, 0.25) is 5.91 Å². The molecule has 3 rings (SSSR count). The van der Waals surface area contributed by atoms with Gasteiger partial charge in [0.15, 0.2) is 0 Å². The van der Waals surface area contributed by atoms with Gasteiger partial charge in [0, 0.05) is 45.7 Å². The van der Waals surface area contributed by atoms with Gasteiger partial charge in [0.05, 0.1) is 0 Å². The number of piperazine rings is 1. The molecule has 0 spiro atoms. The number of aryl methyl sites for hydroxylation is 2. The molecule has 0 bridgehead atoms. The zero-order chi connectivity index (χ0) is 17.8. The van der Waals surface area contributed by atoms with Gasteiger partial charge in [0.25, 0.3) is 0 Å². The Morgan fingerprint density at radius 1 is 1.12 bits per heavy atom. The van der Waals surface area contributed by atoms with Crippen LogP contribution in [0.2, 0.25) is 0 Å². The van der Waals surface area contributed by atoms with E-state index in [0.29, 0.717) is 0 Å². The Morgan fingerprint density at radius 2 is 1.84 bits per heavy atom. The number of nitrogens with one attached hydrogen (secondary N) is 1. The fraction of sp³-hybridized carbons (Fsp3) is 0.421. The number of aromatic nitrogens is 2. The van der Waals surface area contributed by atoms with E-state index in [9.17, 15) is 4.79 Å². The molecule has 6 heteroatoms. The van der Waals surface area contributed by atoms with Crippen LogP contribution in [0.25, 0.3) is 0 Å². The maximum Gasteiger partial charge on any atom is 0.219 e. The van der Waals surface area contributed by atoms with Gasteiger partial charge in [-0.1, -0.05) is 24.3 Å². The largest absolute Gasteiger partial charge is 0.366 e. The first-order chi connectivity index (χ1) is 12.0. The van der Waals surface area contributed by atoms with Crippen molar-refractivity contribution in [2.24, 2.45) is 0 Å². The van der Waals surface area contributed by atoms with Crippen LogP contribution in [0.4, 0.5) is 11.6 Å². The molecule has 0 radical (unpaired) electrons. The van der Waals surface area contributed by atoms with Crippen LogP contribution in [0.5, 0.6) is 0 Å².